The highest BCUT2D eigenvalue weighted by atomic mass is 32.2. The van der Waals surface area contributed by atoms with E-state index in [-0.39, 0.29) is 10.3 Å². The third kappa shape index (κ3) is 3.07. The molecule has 7 nitrogen and oxygen atoms in total. The van der Waals surface area contributed by atoms with Gasteiger partial charge in [0, 0.05) is 43.3 Å². The molecule has 0 aromatic carbocycles. The molecular weight excluding hydrogens is 352 g/mol. The van der Waals surface area contributed by atoms with Gasteiger partial charge in [0.25, 0.3) is 0 Å². The number of hydrogen-bond acceptors (Lipinski definition) is 6. The molecule has 1 aliphatic carbocycles. The minimum atomic E-state index is -3.52. The molecule has 8 heteroatoms. The van der Waals surface area contributed by atoms with Crippen molar-refractivity contribution in [2.45, 2.75) is 31.1 Å². The number of hydrogen-bond donors (Lipinski definition) is 0. The van der Waals surface area contributed by atoms with Crippen molar-refractivity contribution in [1.82, 2.24) is 19.3 Å². The lowest BCUT2D eigenvalue weighted by Crippen LogP contribution is -2.35. The second kappa shape index (κ2) is 6.59. The van der Waals surface area contributed by atoms with Crippen molar-refractivity contribution < 1.29 is 13.2 Å². The average molecular weight is 374 g/mol. The second-order valence-corrected chi connectivity index (χ2v) is 9.21. The monoisotopic (exact) mass is 374 g/mol. The van der Waals surface area contributed by atoms with Crippen LogP contribution in [0.2, 0.25) is 0 Å². The molecule has 138 valence electrons. The zero-order valence-corrected chi connectivity index (χ0v) is 15.5. The van der Waals surface area contributed by atoms with Gasteiger partial charge in [-0.2, -0.15) is 4.31 Å². The summed E-state index contributed by atoms with van der Waals surface area (Å²) in [6.45, 7) is 3.38. The van der Waals surface area contributed by atoms with Gasteiger partial charge < -0.3 is 4.74 Å². The van der Waals surface area contributed by atoms with Crippen molar-refractivity contribution in [3.05, 3.63) is 42.5 Å². The summed E-state index contributed by atoms with van der Waals surface area (Å²) >= 11 is 0. The quantitative estimate of drug-likeness (QED) is 0.796. The van der Waals surface area contributed by atoms with Gasteiger partial charge in [-0.1, -0.05) is 6.42 Å². The minimum absolute atomic E-state index is 0.163. The van der Waals surface area contributed by atoms with Gasteiger partial charge in [0.15, 0.2) is 0 Å². The summed E-state index contributed by atoms with van der Waals surface area (Å²) < 4.78 is 33.3. The van der Waals surface area contributed by atoms with Crippen molar-refractivity contribution >= 4 is 10.0 Å². The molecule has 0 radical (unpaired) electrons. The number of aryl methyl sites for hydroxylation is 1. The lowest BCUT2D eigenvalue weighted by molar-refractivity contribution is 0.126. The molecule has 2 aliphatic rings. The molecule has 3 heterocycles. The lowest BCUT2D eigenvalue weighted by atomic mass is 9.82. The van der Waals surface area contributed by atoms with Gasteiger partial charge in [0.1, 0.15) is 4.90 Å². The van der Waals surface area contributed by atoms with Gasteiger partial charge in [-0.3, -0.25) is 4.98 Å². The molecule has 2 unspecified atom stereocenters. The van der Waals surface area contributed by atoms with Crippen LogP contribution in [0.1, 0.15) is 24.8 Å². The molecule has 2 atom stereocenters. The fourth-order valence-electron chi connectivity index (χ4n) is 4.10. The van der Waals surface area contributed by atoms with E-state index in [0.29, 0.717) is 31.6 Å². The van der Waals surface area contributed by atoms with E-state index in [1.165, 1.54) is 6.20 Å². The highest BCUT2D eigenvalue weighted by Crippen LogP contribution is 2.50. The lowest BCUT2D eigenvalue weighted by Gasteiger charge is -2.28. The zero-order chi connectivity index (χ0) is 18.2. The molecule has 1 saturated heterocycles. The largest absolute Gasteiger partial charge is 0.463 e. The Labute approximate surface area is 153 Å². The van der Waals surface area contributed by atoms with E-state index in [2.05, 4.69) is 15.0 Å². The van der Waals surface area contributed by atoms with Crippen LogP contribution >= 0.6 is 0 Å². The van der Waals surface area contributed by atoms with Crippen LogP contribution in [0.4, 0.5) is 0 Å². The minimum Gasteiger partial charge on any atom is -0.463 e. The summed E-state index contributed by atoms with van der Waals surface area (Å²) in [5, 5.41) is 0. The molecule has 1 aliphatic heterocycles. The summed E-state index contributed by atoms with van der Waals surface area (Å²) in [5.74, 6) is 0.305. The Balaban J connectivity index is 1.52. The van der Waals surface area contributed by atoms with E-state index in [4.69, 9.17) is 4.74 Å². The van der Waals surface area contributed by atoms with Crippen molar-refractivity contribution in [3.8, 4) is 6.01 Å². The maximum absolute atomic E-state index is 12.9. The van der Waals surface area contributed by atoms with Crippen LogP contribution in [-0.4, -0.2) is 47.4 Å². The molecular formula is C18H22N4O3S. The first-order chi connectivity index (χ1) is 12.5. The average Bonchev–Trinajstić information content (AvgIpc) is 3.20. The second-order valence-electron chi connectivity index (χ2n) is 7.27. The third-order valence-corrected chi connectivity index (χ3v) is 7.32. The van der Waals surface area contributed by atoms with Gasteiger partial charge in [-0.05, 0) is 43.4 Å². The Bertz CT molecular complexity index is 873. The summed E-state index contributed by atoms with van der Waals surface area (Å²) in [5.41, 5.74) is 0.813. The van der Waals surface area contributed by atoms with Crippen LogP contribution in [-0.2, 0) is 10.0 Å². The standard InChI is InChI=1S/C18H22N4O3S/c1-14-8-20-17(21-9-14)25-13-18-6-2-4-15(18)11-22(12-18)26(23,24)16-5-3-7-19-10-16/h3,5,7-10,15H,2,4,6,11-13H2,1H3. The molecule has 1 saturated carbocycles. The van der Waals surface area contributed by atoms with E-state index in [1.807, 2.05) is 6.92 Å². The van der Waals surface area contributed by atoms with Crippen molar-refractivity contribution in [3.63, 3.8) is 0 Å². The Hall–Kier alpha value is -2.06. The van der Waals surface area contributed by atoms with Gasteiger partial charge >= 0.3 is 6.01 Å². The smallest absolute Gasteiger partial charge is 0.316 e. The summed E-state index contributed by atoms with van der Waals surface area (Å²) in [6.07, 6.45) is 9.52. The first kappa shape index (κ1) is 17.4. The zero-order valence-electron chi connectivity index (χ0n) is 14.7. The summed E-state index contributed by atoms with van der Waals surface area (Å²) in [6, 6.07) is 3.60. The van der Waals surface area contributed by atoms with Crippen molar-refractivity contribution in [2.24, 2.45) is 11.3 Å². The highest BCUT2D eigenvalue weighted by molar-refractivity contribution is 7.89. The van der Waals surface area contributed by atoms with Crippen LogP contribution in [0.25, 0.3) is 0 Å². The van der Waals surface area contributed by atoms with Gasteiger partial charge in [-0.25, -0.2) is 18.4 Å². The number of aromatic nitrogens is 3. The molecule has 2 aromatic rings. The summed E-state index contributed by atoms with van der Waals surface area (Å²) in [4.78, 5) is 12.6. The SMILES string of the molecule is Cc1cnc(OCC23CCCC2CN(S(=O)(=O)c2cccnc2)C3)nc1. The predicted octanol–water partition coefficient (Wildman–Crippen LogP) is 2.05. The fourth-order valence-corrected chi connectivity index (χ4v) is 5.64. The molecule has 0 bridgehead atoms. The topological polar surface area (TPSA) is 85.3 Å². The Morgan fingerprint density at radius 1 is 1.31 bits per heavy atom. The maximum Gasteiger partial charge on any atom is 0.316 e. The number of sulfonamides is 1. The third-order valence-electron chi connectivity index (χ3n) is 5.53. The molecule has 0 spiro atoms. The highest BCUT2D eigenvalue weighted by Gasteiger charge is 2.53. The van der Waals surface area contributed by atoms with Crippen LogP contribution in [0.5, 0.6) is 6.01 Å². The predicted molar refractivity (Wildman–Crippen MR) is 95.0 cm³/mol. The normalized spacial score (nSPS) is 26.0. The van der Waals surface area contributed by atoms with E-state index in [9.17, 15) is 8.42 Å². The molecule has 26 heavy (non-hydrogen) atoms. The first-order valence-corrected chi connectivity index (χ1v) is 10.3. The Morgan fingerprint density at radius 2 is 2.12 bits per heavy atom. The molecule has 0 amide bonds. The maximum atomic E-state index is 12.9. The van der Waals surface area contributed by atoms with Crippen molar-refractivity contribution in [2.75, 3.05) is 19.7 Å². The molecule has 4 rings (SSSR count). The van der Waals surface area contributed by atoms with E-state index >= 15 is 0 Å². The van der Waals surface area contributed by atoms with Crippen LogP contribution in [0, 0.1) is 18.3 Å². The van der Waals surface area contributed by atoms with E-state index in [1.54, 1.807) is 35.0 Å². The molecule has 0 N–H and O–H groups in total. The number of rotatable bonds is 5. The van der Waals surface area contributed by atoms with Crippen molar-refractivity contribution in [1.29, 1.82) is 0 Å². The fraction of sp³-hybridized carbons (Fsp3) is 0.500. The summed E-state index contributed by atoms with van der Waals surface area (Å²) in [7, 11) is -3.52. The Morgan fingerprint density at radius 3 is 2.85 bits per heavy atom. The number of pyridine rings is 1. The van der Waals surface area contributed by atoms with Crippen LogP contribution in [0.3, 0.4) is 0 Å². The van der Waals surface area contributed by atoms with Gasteiger partial charge in [-0.15, -0.1) is 0 Å². The van der Waals surface area contributed by atoms with Crippen LogP contribution < -0.4 is 4.74 Å². The first-order valence-electron chi connectivity index (χ1n) is 8.81. The number of ether oxygens (including phenoxy) is 1. The van der Waals surface area contributed by atoms with Gasteiger partial charge in [0.05, 0.1) is 6.61 Å². The number of nitrogens with zero attached hydrogens (tertiary/aromatic N) is 4. The molecule has 2 aromatic heterocycles. The molecule has 2 fully saturated rings. The Kier molecular flexibility index (Phi) is 4.40. The van der Waals surface area contributed by atoms with Gasteiger partial charge in [0.2, 0.25) is 10.0 Å². The number of fused-ring (bicyclic) bond motifs is 1. The van der Waals surface area contributed by atoms with Crippen LogP contribution in [0.15, 0.2) is 41.8 Å². The van der Waals surface area contributed by atoms with E-state index < -0.39 is 10.0 Å². The van der Waals surface area contributed by atoms with E-state index in [0.717, 1.165) is 24.8 Å².